The quantitative estimate of drug-likeness (QED) is 0.438. The third-order valence-corrected chi connectivity index (χ3v) is 6.69. The van der Waals surface area contributed by atoms with E-state index in [1.807, 2.05) is 24.3 Å². The van der Waals surface area contributed by atoms with Gasteiger partial charge in [0, 0.05) is 49.9 Å². The largest absolute Gasteiger partial charge is 0.497 e. The molecule has 0 aliphatic carbocycles. The Morgan fingerprint density at radius 3 is 2.65 bits per heavy atom. The highest BCUT2D eigenvalue weighted by atomic mass is 32.1. The number of rotatable bonds is 5. The highest BCUT2D eigenvalue weighted by Crippen LogP contribution is 2.27. The Hall–Kier alpha value is -3.63. The molecule has 0 N–H and O–H groups in total. The Balaban J connectivity index is 1.28. The van der Waals surface area contributed by atoms with Gasteiger partial charge in [-0.3, -0.25) is 14.5 Å². The summed E-state index contributed by atoms with van der Waals surface area (Å²) in [4.78, 5) is 34.4. The summed E-state index contributed by atoms with van der Waals surface area (Å²) >= 11 is 1.35. The van der Waals surface area contributed by atoms with Gasteiger partial charge in [0.1, 0.15) is 16.6 Å². The average Bonchev–Trinajstić information content (AvgIpc) is 3.29. The van der Waals surface area contributed by atoms with Gasteiger partial charge in [-0.2, -0.15) is 9.61 Å². The minimum absolute atomic E-state index is 0.174. The number of benzene rings is 2. The van der Waals surface area contributed by atoms with E-state index in [9.17, 15) is 14.0 Å². The molecule has 1 saturated heterocycles. The van der Waals surface area contributed by atoms with E-state index in [0.717, 1.165) is 5.56 Å². The third-order valence-electron chi connectivity index (χ3n) is 5.73. The van der Waals surface area contributed by atoms with Gasteiger partial charge in [-0.1, -0.05) is 29.5 Å². The Kier molecular flexibility index (Phi) is 6.08. The molecule has 3 heterocycles. The van der Waals surface area contributed by atoms with Crippen LogP contribution in [0, 0.1) is 5.82 Å². The Morgan fingerprint density at radius 1 is 1.09 bits per heavy atom. The molecule has 10 heteroatoms. The summed E-state index contributed by atoms with van der Waals surface area (Å²) < 4.78 is 20.0. The van der Waals surface area contributed by atoms with E-state index >= 15 is 0 Å². The van der Waals surface area contributed by atoms with Crippen molar-refractivity contribution in [1.29, 1.82) is 0 Å². The number of methoxy groups -OCH3 is 1. The first-order valence-corrected chi connectivity index (χ1v) is 11.6. The molecule has 0 bridgehead atoms. The predicted molar refractivity (Wildman–Crippen MR) is 127 cm³/mol. The van der Waals surface area contributed by atoms with Crippen molar-refractivity contribution in [3.8, 4) is 16.3 Å². The van der Waals surface area contributed by atoms with Crippen LogP contribution in [0.2, 0.25) is 0 Å². The average molecular weight is 480 g/mol. The van der Waals surface area contributed by atoms with Crippen LogP contribution in [0.15, 0.2) is 59.4 Å². The summed E-state index contributed by atoms with van der Waals surface area (Å²) in [7, 11) is 1.60. The van der Waals surface area contributed by atoms with Crippen LogP contribution < -0.4 is 10.3 Å². The van der Waals surface area contributed by atoms with E-state index in [1.54, 1.807) is 18.1 Å². The SMILES string of the molecule is COc1cccc(-c2nn3c(=O)cc(CN4CCN(C(=O)c5cccc(F)c5)CC4)nc3s2)c1. The summed E-state index contributed by atoms with van der Waals surface area (Å²) in [6.45, 7) is 2.83. The molecule has 1 aliphatic rings. The van der Waals surface area contributed by atoms with E-state index in [4.69, 9.17) is 4.74 Å². The van der Waals surface area contributed by atoms with Gasteiger partial charge in [0.05, 0.1) is 12.8 Å². The lowest BCUT2D eigenvalue weighted by Gasteiger charge is -2.34. The second kappa shape index (κ2) is 9.32. The first kappa shape index (κ1) is 22.2. The second-order valence-electron chi connectivity index (χ2n) is 8.00. The zero-order valence-corrected chi connectivity index (χ0v) is 19.3. The molecule has 2 aromatic heterocycles. The molecule has 0 atom stereocenters. The number of hydrogen-bond donors (Lipinski definition) is 0. The number of amides is 1. The predicted octanol–water partition coefficient (Wildman–Crippen LogP) is 2.92. The Labute approximate surface area is 198 Å². The lowest BCUT2D eigenvalue weighted by Crippen LogP contribution is -2.48. The maximum absolute atomic E-state index is 13.5. The summed E-state index contributed by atoms with van der Waals surface area (Å²) in [5.74, 6) is 0.120. The number of carbonyl (C=O) groups is 1. The van der Waals surface area contributed by atoms with Crippen LogP contribution >= 0.6 is 11.3 Å². The number of nitrogens with zero attached hydrogens (tertiary/aromatic N) is 5. The molecule has 1 fully saturated rings. The van der Waals surface area contributed by atoms with E-state index in [1.165, 1.54) is 40.1 Å². The third kappa shape index (κ3) is 4.55. The van der Waals surface area contributed by atoms with Gasteiger partial charge in [-0.05, 0) is 30.3 Å². The number of fused-ring (bicyclic) bond motifs is 1. The molecular weight excluding hydrogens is 457 g/mol. The van der Waals surface area contributed by atoms with Gasteiger partial charge in [-0.15, -0.1) is 0 Å². The summed E-state index contributed by atoms with van der Waals surface area (Å²) in [5.41, 5.74) is 1.64. The van der Waals surface area contributed by atoms with Crippen LogP contribution in [0.25, 0.3) is 15.5 Å². The monoisotopic (exact) mass is 479 g/mol. The fourth-order valence-electron chi connectivity index (χ4n) is 3.95. The number of ether oxygens (including phenoxy) is 1. The standard InChI is InChI=1S/C24H22FN5O3S/c1-33-20-7-3-4-16(13-20)22-27-30-21(31)14-19(26-24(30)34-22)15-28-8-10-29(11-9-28)23(32)17-5-2-6-18(25)12-17/h2-7,12-14H,8-11,15H2,1H3. The van der Waals surface area contributed by atoms with Crippen molar-refractivity contribution >= 4 is 22.2 Å². The highest BCUT2D eigenvalue weighted by Gasteiger charge is 2.23. The van der Waals surface area contributed by atoms with E-state index < -0.39 is 5.82 Å². The van der Waals surface area contributed by atoms with E-state index in [0.29, 0.717) is 59.7 Å². The smallest absolute Gasteiger partial charge is 0.275 e. The van der Waals surface area contributed by atoms with Crippen molar-refractivity contribution in [3.63, 3.8) is 0 Å². The Bertz CT molecular complexity index is 1410. The van der Waals surface area contributed by atoms with E-state index in [-0.39, 0.29) is 11.5 Å². The van der Waals surface area contributed by atoms with Crippen LogP contribution in [0.5, 0.6) is 5.75 Å². The van der Waals surface area contributed by atoms with Crippen LogP contribution in [0.4, 0.5) is 4.39 Å². The lowest BCUT2D eigenvalue weighted by molar-refractivity contribution is 0.0626. The van der Waals surface area contributed by atoms with Gasteiger partial charge in [0.15, 0.2) is 0 Å². The summed E-state index contributed by atoms with van der Waals surface area (Å²) in [6.07, 6.45) is 0. The first-order valence-electron chi connectivity index (χ1n) is 10.8. The van der Waals surface area contributed by atoms with Crippen molar-refractivity contribution in [3.05, 3.63) is 82.0 Å². The second-order valence-corrected chi connectivity index (χ2v) is 8.95. The fraction of sp³-hybridized carbons (Fsp3) is 0.250. The van der Waals surface area contributed by atoms with Crippen LogP contribution in [-0.4, -0.2) is 63.6 Å². The molecule has 8 nitrogen and oxygen atoms in total. The molecular formula is C24H22FN5O3S. The van der Waals surface area contributed by atoms with E-state index in [2.05, 4.69) is 15.0 Å². The number of hydrogen-bond acceptors (Lipinski definition) is 7. The number of carbonyl (C=O) groups excluding carboxylic acids is 1. The van der Waals surface area contributed by atoms with Crippen LogP contribution in [0.3, 0.4) is 0 Å². The first-order chi connectivity index (χ1) is 16.5. The highest BCUT2D eigenvalue weighted by molar-refractivity contribution is 7.19. The van der Waals surface area contributed by atoms with Crippen LogP contribution in [-0.2, 0) is 6.54 Å². The lowest BCUT2D eigenvalue weighted by atomic mass is 10.1. The molecule has 4 aromatic rings. The zero-order chi connectivity index (χ0) is 23.7. The van der Waals surface area contributed by atoms with Gasteiger partial charge in [0.25, 0.3) is 11.5 Å². The molecule has 2 aromatic carbocycles. The van der Waals surface area contributed by atoms with Crippen molar-refractivity contribution in [2.45, 2.75) is 6.54 Å². The molecule has 0 spiro atoms. The molecule has 1 amide bonds. The minimum Gasteiger partial charge on any atom is -0.497 e. The molecule has 174 valence electrons. The maximum Gasteiger partial charge on any atom is 0.275 e. The van der Waals surface area contributed by atoms with Gasteiger partial charge < -0.3 is 9.64 Å². The van der Waals surface area contributed by atoms with Gasteiger partial charge in [0.2, 0.25) is 4.96 Å². The van der Waals surface area contributed by atoms with Crippen molar-refractivity contribution in [2.24, 2.45) is 0 Å². The molecule has 0 radical (unpaired) electrons. The molecule has 0 saturated carbocycles. The molecule has 0 unspecified atom stereocenters. The molecule has 34 heavy (non-hydrogen) atoms. The zero-order valence-electron chi connectivity index (χ0n) is 18.5. The van der Waals surface area contributed by atoms with Gasteiger partial charge >= 0.3 is 0 Å². The van der Waals surface area contributed by atoms with Crippen LogP contribution in [0.1, 0.15) is 16.1 Å². The maximum atomic E-state index is 13.5. The Morgan fingerprint density at radius 2 is 1.88 bits per heavy atom. The topological polar surface area (TPSA) is 80.0 Å². The van der Waals surface area contributed by atoms with Crippen molar-refractivity contribution in [1.82, 2.24) is 24.4 Å². The van der Waals surface area contributed by atoms with Gasteiger partial charge in [-0.25, -0.2) is 9.37 Å². The molecule has 5 rings (SSSR count). The van der Waals surface area contributed by atoms with Crippen molar-refractivity contribution in [2.75, 3.05) is 33.3 Å². The molecule has 1 aliphatic heterocycles. The van der Waals surface area contributed by atoms with Crippen molar-refractivity contribution < 1.29 is 13.9 Å². The summed E-state index contributed by atoms with van der Waals surface area (Å²) in [6, 6.07) is 14.8. The number of piperazine rings is 1. The summed E-state index contributed by atoms with van der Waals surface area (Å²) in [5, 5.41) is 5.12. The minimum atomic E-state index is -0.421. The normalized spacial score (nSPS) is 14.5. The fourth-order valence-corrected chi connectivity index (χ4v) is 4.87. The number of halogens is 1. The number of aromatic nitrogens is 3.